The summed E-state index contributed by atoms with van der Waals surface area (Å²) in [5.41, 5.74) is 2.02. The first-order chi connectivity index (χ1) is 9.58. The van der Waals surface area contributed by atoms with E-state index < -0.39 is 6.10 Å². The number of aliphatic hydroxyl groups is 1. The lowest BCUT2D eigenvalue weighted by Crippen LogP contribution is -2.34. The number of hydrogen-bond donors (Lipinski definition) is 2. The van der Waals surface area contributed by atoms with Crippen molar-refractivity contribution in [3.63, 3.8) is 0 Å². The lowest BCUT2D eigenvalue weighted by atomic mass is 10.1. The van der Waals surface area contributed by atoms with E-state index in [-0.39, 0.29) is 18.3 Å². The highest BCUT2D eigenvalue weighted by molar-refractivity contribution is 5.85. The number of hydrogen-bond acceptors (Lipinski definition) is 3. The normalized spacial score (nSPS) is 11.6. The van der Waals surface area contributed by atoms with Crippen LogP contribution in [0.5, 0.6) is 0 Å². The van der Waals surface area contributed by atoms with Crippen LogP contribution in [0.15, 0.2) is 24.3 Å². The van der Waals surface area contributed by atoms with Crippen LogP contribution in [0.3, 0.4) is 0 Å². The highest BCUT2D eigenvalue weighted by atomic mass is 35.5. The van der Waals surface area contributed by atoms with Crippen LogP contribution < -0.4 is 5.32 Å². The van der Waals surface area contributed by atoms with Gasteiger partial charge in [0.25, 0.3) is 0 Å². The molecule has 2 N–H and O–H groups in total. The van der Waals surface area contributed by atoms with Crippen molar-refractivity contribution in [2.75, 3.05) is 26.7 Å². The third-order valence-corrected chi connectivity index (χ3v) is 3.41. The molecular weight excluding hydrogens is 288 g/mol. The quantitative estimate of drug-likeness (QED) is 0.724. The summed E-state index contributed by atoms with van der Waals surface area (Å²) in [6.07, 6.45) is 0.727. The van der Waals surface area contributed by atoms with Crippen molar-refractivity contribution < 1.29 is 9.90 Å². The number of carbonyl (C=O) groups excluding carboxylic acids is 1. The molecule has 0 aliphatic carbocycles. The number of rotatable bonds is 8. The van der Waals surface area contributed by atoms with Crippen molar-refractivity contribution in [3.05, 3.63) is 35.4 Å². The topological polar surface area (TPSA) is 52.6 Å². The molecule has 0 spiro atoms. The van der Waals surface area contributed by atoms with Gasteiger partial charge in [-0.3, -0.25) is 4.79 Å². The summed E-state index contributed by atoms with van der Waals surface area (Å²) in [7, 11) is 1.88. The van der Waals surface area contributed by atoms with Crippen LogP contribution in [0.4, 0.5) is 0 Å². The second-order valence-corrected chi connectivity index (χ2v) is 5.07. The van der Waals surface area contributed by atoms with Crippen molar-refractivity contribution in [1.29, 1.82) is 0 Å². The van der Waals surface area contributed by atoms with Gasteiger partial charge in [0, 0.05) is 13.0 Å². The first kappa shape index (κ1) is 19.9. The lowest BCUT2D eigenvalue weighted by molar-refractivity contribution is -0.132. The maximum atomic E-state index is 12.1. The van der Waals surface area contributed by atoms with E-state index in [9.17, 15) is 9.90 Å². The molecule has 120 valence electrons. The molecule has 0 aliphatic rings. The molecule has 0 heterocycles. The van der Waals surface area contributed by atoms with Crippen molar-refractivity contribution in [2.45, 2.75) is 32.8 Å². The second kappa shape index (κ2) is 10.6. The molecule has 5 heteroatoms. The van der Waals surface area contributed by atoms with Gasteiger partial charge in [0.05, 0.1) is 12.6 Å². The maximum Gasteiger partial charge on any atom is 0.222 e. The molecular formula is C16H27ClN2O2. The molecule has 0 saturated carbocycles. The van der Waals surface area contributed by atoms with Crippen LogP contribution in [0, 0.1) is 6.92 Å². The van der Waals surface area contributed by atoms with E-state index in [1.807, 2.05) is 45.2 Å². The highest BCUT2D eigenvalue weighted by Crippen LogP contribution is 2.15. The zero-order valence-electron chi connectivity index (χ0n) is 13.1. The second-order valence-electron chi connectivity index (χ2n) is 5.07. The average molecular weight is 315 g/mol. The monoisotopic (exact) mass is 314 g/mol. The molecule has 1 aromatic rings. The van der Waals surface area contributed by atoms with Crippen molar-refractivity contribution in [3.8, 4) is 0 Å². The number of nitrogens with one attached hydrogen (secondary N) is 1. The van der Waals surface area contributed by atoms with E-state index in [0.29, 0.717) is 19.5 Å². The Kier molecular flexibility index (Phi) is 10.0. The van der Waals surface area contributed by atoms with Gasteiger partial charge in [-0.15, -0.1) is 12.4 Å². The minimum atomic E-state index is -0.621. The van der Waals surface area contributed by atoms with Crippen LogP contribution in [0.2, 0.25) is 0 Å². The minimum absolute atomic E-state index is 0. The fraction of sp³-hybridized carbons (Fsp3) is 0.562. The van der Waals surface area contributed by atoms with Gasteiger partial charge in [-0.25, -0.2) is 0 Å². The Morgan fingerprint density at radius 3 is 2.48 bits per heavy atom. The number of likely N-dealkylation sites (N-methyl/N-ethyl adjacent to an activating group) is 1. The highest BCUT2D eigenvalue weighted by Gasteiger charge is 2.16. The molecule has 0 fully saturated rings. The molecule has 21 heavy (non-hydrogen) atoms. The van der Waals surface area contributed by atoms with Crippen molar-refractivity contribution in [2.24, 2.45) is 0 Å². The summed E-state index contributed by atoms with van der Waals surface area (Å²) in [5.74, 6) is 0.105. The zero-order valence-corrected chi connectivity index (χ0v) is 13.9. The number of aryl methyl sites for hydroxylation is 1. The van der Waals surface area contributed by atoms with Crippen LogP contribution in [0.1, 0.15) is 37.0 Å². The summed E-state index contributed by atoms with van der Waals surface area (Å²) < 4.78 is 0. The number of benzene rings is 1. The summed E-state index contributed by atoms with van der Waals surface area (Å²) in [6.45, 7) is 5.78. The average Bonchev–Trinajstić information content (AvgIpc) is 2.45. The van der Waals surface area contributed by atoms with Gasteiger partial charge < -0.3 is 15.3 Å². The Balaban J connectivity index is 0.00000400. The van der Waals surface area contributed by atoms with Gasteiger partial charge in [0.1, 0.15) is 0 Å². The van der Waals surface area contributed by atoms with Crippen LogP contribution in [-0.2, 0) is 4.79 Å². The summed E-state index contributed by atoms with van der Waals surface area (Å²) in [5, 5.41) is 13.3. The lowest BCUT2D eigenvalue weighted by Gasteiger charge is -2.24. The molecule has 0 aromatic heterocycles. The molecule has 1 atom stereocenters. The van der Waals surface area contributed by atoms with E-state index in [0.717, 1.165) is 24.1 Å². The van der Waals surface area contributed by atoms with E-state index >= 15 is 0 Å². The third-order valence-electron chi connectivity index (χ3n) is 3.41. The molecule has 4 nitrogen and oxygen atoms in total. The van der Waals surface area contributed by atoms with E-state index in [4.69, 9.17) is 0 Å². The number of carbonyl (C=O) groups is 1. The molecule has 0 bridgehead atoms. The zero-order chi connectivity index (χ0) is 15.0. The fourth-order valence-corrected chi connectivity index (χ4v) is 2.08. The van der Waals surface area contributed by atoms with Gasteiger partial charge >= 0.3 is 0 Å². The first-order valence-corrected chi connectivity index (χ1v) is 7.25. The van der Waals surface area contributed by atoms with Gasteiger partial charge in [0.15, 0.2) is 0 Å². The smallest absolute Gasteiger partial charge is 0.222 e. The fourth-order valence-electron chi connectivity index (χ4n) is 2.08. The van der Waals surface area contributed by atoms with Gasteiger partial charge in [0.2, 0.25) is 5.91 Å². The Labute approximate surface area is 133 Å². The molecule has 1 rings (SSSR count). The number of nitrogens with zero attached hydrogens (tertiary/aromatic N) is 1. The predicted molar refractivity (Wildman–Crippen MR) is 88.8 cm³/mol. The molecule has 1 amide bonds. The summed E-state index contributed by atoms with van der Waals surface area (Å²) in [4.78, 5) is 13.8. The molecule has 0 saturated heterocycles. The Morgan fingerprint density at radius 1 is 1.33 bits per heavy atom. The molecule has 0 radical (unpaired) electrons. The maximum absolute atomic E-state index is 12.1. The molecule has 1 unspecified atom stereocenters. The van der Waals surface area contributed by atoms with Gasteiger partial charge in [-0.05, 0) is 39.4 Å². The number of aliphatic hydroxyl groups excluding tert-OH is 1. The summed E-state index contributed by atoms with van der Waals surface area (Å²) in [6, 6.07) is 7.78. The van der Waals surface area contributed by atoms with Crippen LogP contribution >= 0.6 is 12.4 Å². The van der Waals surface area contributed by atoms with Crippen molar-refractivity contribution in [1.82, 2.24) is 10.2 Å². The Hall–Kier alpha value is -1.10. The van der Waals surface area contributed by atoms with Gasteiger partial charge in [-0.2, -0.15) is 0 Å². The standard InChI is InChI=1S/C16H26N2O2.ClH/c1-4-18(16(20)6-5-11-17-3)12-15(19)14-9-7-13(2)8-10-14;/h7-10,15,17,19H,4-6,11-12H2,1-3H3;1H. The first-order valence-electron chi connectivity index (χ1n) is 7.25. The third kappa shape index (κ3) is 6.93. The van der Waals surface area contributed by atoms with E-state index in [2.05, 4.69) is 5.32 Å². The predicted octanol–water partition coefficient (Wildman–Crippen LogP) is 2.30. The van der Waals surface area contributed by atoms with E-state index in [1.54, 1.807) is 4.90 Å². The Morgan fingerprint density at radius 2 is 1.95 bits per heavy atom. The minimum Gasteiger partial charge on any atom is -0.387 e. The number of halogens is 1. The van der Waals surface area contributed by atoms with Crippen LogP contribution in [0.25, 0.3) is 0 Å². The number of amides is 1. The van der Waals surface area contributed by atoms with Crippen LogP contribution in [-0.4, -0.2) is 42.6 Å². The molecule has 0 aliphatic heterocycles. The largest absolute Gasteiger partial charge is 0.387 e. The molecule has 1 aromatic carbocycles. The van der Waals surface area contributed by atoms with E-state index in [1.165, 1.54) is 0 Å². The van der Waals surface area contributed by atoms with Gasteiger partial charge in [-0.1, -0.05) is 29.8 Å². The summed E-state index contributed by atoms with van der Waals surface area (Å²) >= 11 is 0. The van der Waals surface area contributed by atoms with Crippen molar-refractivity contribution >= 4 is 18.3 Å². The Bertz CT molecular complexity index is 409. The SMILES string of the molecule is CCN(CC(O)c1ccc(C)cc1)C(=O)CCCNC.Cl.